The zero-order valence-corrected chi connectivity index (χ0v) is 17.4. The van der Waals surface area contributed by atoms with Gasteiger partial charge in [-0.1, -0.05) is 6.07 Å². The number of carbonyl (C=O) groups excluding carboxylic acids is 1. The van der Waals surface area contributed by atoms with Gasteiger partial charge in [0.05, 0.1) is 43.2 Å². The Balaban J connectivity index is 1.64. The van der Waals surface area contributed by atoms with Crippen molar-refractivity contribution in [3.05, 3.63) is 58.5 Å². The Labute approximate surface area is 182 Å². The minimum absolute atomic E-state index is 0.0725. The Kier molecular flexibility index (Phi) is 7.18. The van der Waals surface area contributed by atoms with Gasteiger partial charge in [-0.05, 0) is 12.1 Å². The minimum atomic E-state index is -0.955. The molecule has 1 aromatic carbocycles. The first kappa shape index (κ1) is 22.5. The van der Waals surface area contributed by atoms with Crippen molar-refractivity contribution in [2.75, 3.05) is 20.3 Å². The fraction of sp³-hybridized carbons (Fsp3) is 0.250. The first-order chi connectivity index (χ1) is 15.4. The van der Waals surface area contributed by atoms with Crippen LogP contribution in [0.3, 0.4) is 0 Å². The number of aryl methyl sites for hydroxylation is 1. The number of amides is 1. The summed E-state index contributed by atoms with van der Waals surface area (Å²) >= 11 is 0. The van der Waals surface area contributed by atoms with E-state index in [-0.39, 0.29) is 42.9 Å². The summed E-state index contributed by atoms with van der Waals surface area (Å²) in [6, 6.07) is 7.78. The van der Waals surface area contributed by atoms with Crippen LogP contribution in [0.4, 0.5) is 10.5 Å². The summed E-state index contributed by atoms with van der Waals surface area (Å²) in [5, 5.41) is 15.6. The van der Waals surface area contributed by atoms with Crippen LogP contribution in [-0.4, -0.2) is 46.1 Å². The van der Waals surface area contributed by atoms with E-state index in [4.69, 9.17) is 24.7 Å². The maximum Gasteiger partial charge on any atom is 0.411 e. The van der Waals surface area contributed by atoms with Gasteiger partial charge in [-0.3, -0.25) is 14.8 Å². The molecule has 0 radical (unpaired) electrons. The fourth-order valence-electron chi connectivity index (χ4n) is 2.89. The Hall–Kier alpha value is -4.19. The SMILES string of the molecule is COc1c(-c2cnn(C)c2)cc(OCCOCc2cccc(OC(N)=O)n2)cc1[N+](=O)[O-]. The number of hydrogen-bond acceptors (Lipinski definition) is 9. The lowest BCUT2D eigenvalue weighted by Crippen LogP contribution is -2.17. The zero-order chi connectivity index (χ0) is 23.1. The number of benzene rings is 1. The molecular formula is C20H21N5O7. The van der Waals surface area contributed by atoms with E-state index >= 15 is 0 Å². The van der Waals surface area contributed by atoms with Crippen LogP contribution in [0.1, 0.15) is 5.69 Å². The minimum Gasteiger partial charge on any atom is -0.491 e. The highest BCUT2D eigenvalue weighted by molar-refractivity contribution is 5.76. The summed E-state index contributed by atoms with van der Waals surface area (Å²) in [6.07, 6.45) is 2.35. The van der Waals surface area contributed by atoms with Gasteiger partial charge >= 0.3 is 11.8 Å². The zero-order valence-electron chi connectivity index (χ0n) is 17.4. The highest BCUT2D eigenvalue weighted by Crippen LogP contribution is 2.41. The molecule has 3 rings (SSSR count). The van der Waals surface area contributed by atoms with Gasteiger partial charge in [0, 0.05) is 30.4 Å². The molecule has 2 aromatic heterocycles. The molecule has 0 spiro atoms. The monoisotopic (exact) mass is 443 g/mol. The van der Waals surface area contributed by atoms with Gasteiger partial charge < -0.3 is 24.7 Å². The number of nitro benzene ring substituents is 1. The van der Waals surface area contributed by atoms with Crippen LogP contribution in [0.15, 0.2) is 42.7 Å². The van der Waals surface area contributed by atoms with Crippen molar-refractivity contribution in [1.82, 2.24) is 14.8 Å². The molecule has 0 aliphatic rings. The second-order valence-electron chi connectivity index (χ2n) is 6.47. The molecule has 0 saturated heterocycles. The highest BCUT2D eigenvalue weighted by atomic mass is 16.6. The number of aromatic nitrogens is 3. The Morgan fingerprint density at radius 3 is 2.75 bits per heavy atom. The molecule has 0 aliphatic carbocycles. The van der Waals surface area contributed by atoms with Crippen LogP contribution < -0.4 is 19.9 Å². The average Bonchev–Trinajstić information content (AvgIpc) is 3.18. The van der Waals surface area contributed by atoms with Crippen molar-refractivity contribution in [1.29, 1.82) is 0 Å². The molecule has 1 amide bonds. The number of nitro groups is 1. The van der Waals surface area contributed by atoms with Crippen molar-refractivity contribution in [2.45, 2.75) is 6.61 Å². The molecule has 12 heteroatoms. The number of ether oxygens (including phenoxy) is 4. The molecule has 0 unspecified atom stereocenters. The number of primary amides is 1. The van der Waals surface area contributed by atoms with Crippen molar-refractivity contribution >= 4 is 11.8 Å². The van der Waals surface area contributed by atoms with Crippen molar-refractivity contribution in [2.24, 2.45) is 12.8 Å². The number of carbonyl (C=O) groups is 1. The van der Waals surface area contributed by atoms with Gasteiger partial charge in [0.25, 0.3) is 0 Å². The van der Waals surface area contributed by atoms with Gasteiger partial charge in [-0.25, -0.2) is 9.78 Å². The number of nitrogens with zero attached hydrogens (tertiary/aromatic N) is 4. The van der Waals surface area contributed by atoms with Gasteiger partial charge in [0.1, 0.15) is 12.4 Å². The maximum atomic E-state index is 11.5. The second-order valence-corrected chi connectivity index (χ2v) is 6.47. The molecular weight excluding hydrogens is 422 g/mol. The van der Waals surface area contributed by atoms with Crippen LogP contribution in [-0.2, 0) is 18.4 Å². The predicted molar refractivity (Wildman–Crippen MR) is 111 cm³/mol. The van der Waals surface area contributed by atoms with Crippen LogP contribution in [0.5, 0.6) is 17.4 Å². The van der Waals surface area contributed by atoms with Gasteiger partial charge in [0.2, 0.25) is 11.6 Å². The molecule has 12 nitrogen and oxygen atoms in total. The summed E-state index contributed by atoms with van der Waals surface area (Å²) in [5.41, 5.74) is 6.41. The van der Waals surface area contributed by atoms with Crippen molar-refractivity contribution in [3.8, 4) is 28.5 Å². The molecule has 2 N–H and O–H groups in total. The number of hydrogen-bond donors (Lipinski definition) is 1. The quantitative estimate of drug-likeness (QED) is 0.283. The second kappa shape index (κ2) is 10.2. The van der Waals surface area contributed by atoms with Gasteiger partial charge in [0.15, 0.2) is 0 Å². The van der Waals surface area contributed by atoms with E-state index in [2.05, 4.69) is 10.1 Å². The lowest BCUT2D eigenvalue weighted by Gasteiger charge is -2.12. The third-order valence-corrected chi connectivity index (χ3v) is 4.19. The molecule has 0 atom stereocenters. The topological polar surface area (TPSA) is 154 Å². The lowest BCUT2D eigenvalue weighted by molar-refractivity contribution is -0.385. The molecule has 168 valence electrons. The Morgan fingerprint density at radius 1 is 1.28 bits per heavy atom. The molecule has 0 fully saturated rings. The Morgan fingerprint density at radius 2 is 2.09 bits per heavy atom. The molecule has 32 heavy (non-hydrogen) atoms. The lowest BCUT2D eigenvalue weighted by atomic mass is 10.1. The number of methoxy groups -OCH3 is 1. The first-order valence-corrected chi connectivity index (χ1v) is 9.36. The van der Waals surface area contributed by atoms with E-state index < -0.39 is 11.0 Å². The summed E-state index contributed by atoms with van der Waals surface area (Å²) in [4.78, 5) is 25.9. The molecule has 0 aliphatic heterocycles. The van der Waals surface area contributed by atoms with Gasteiger partial charge in [-0.15, -0.1) is 0 Å². The van der Waals surface area contributed by atoms with E-state index in [9.17, 15) is 14.9 Å². The Bertz CT molecular complexity index is 1120. The smallest absolute Gasteiger partial charge is 0.411 e. The number of nitrogens with two attached hydrogens (primary N) is 1. The predicted octanol–water partition coefficient (Wildman–Crippen LogP) is 2.45. The van der Waals surface area contributed by atoms with Crippen LogP contribution in [0, 0.1) is 10.1 Å². The highest BCUT2D eigenvalue weighted by Gasteiger charge is 2.23. The fourth-order valence-corrected chi connectivity index (χ4v) is 2.89. The van der Waals surface area contributed by atoms with E-state index in [0.29, 0.717) is 16.8 Å². The normalized spacial score (nSPS) is 10.6. The van der Waals surface area contributed by atoms with Crippen molar-refractivity contribution in [3.63, 3.8) is 0 Å². The third-order valence-electron chi connectivity index (χ3n) is 4.19. The average molecular weight is 443 g/mol. The molecule has 2 heterocycles. The molecule has 0 saturated carbocycles. The standard InChI is InChI=1S/C20H21N5O7/c1-24-11-13(10-22-24)16-8-15(9-17(25(27)28)19(16)29-2)31-7-6-30-12-14-4-3-5-18(23-14)32-20(21)26/h3-5,8-11H,6-7,12H2,1-2H3,(H2,21,26). The van der Waals surface area contributed by atoms with Crippen LogP contribution in [0.2, 0.25) is 0 Å². The van der Waals surface area contributed by atoms with Crippen molar-refractivity contribution < 1.29 is 28.7 Å². The summed E-state index contributed by atoms with van der Waals surface area (Å²) in [5.74, 6) is 0.481. The summed E-state index contributed by atoms with van der Waals surface area (Å²) < 4.78 is 22.7. The third kappa shape index (κ3) is 5.70. The first-order valence-electron chi connectivity index (χ1n) is 9.36. The van der Waals surface area contributed by atoms with E-state index in [1.807, 2.05) is 0 Å². The maximum absolute atomic E-state index is 11.5. The van der Waals surface area contributed by atoms with Gasteiger partial charge in [-0.2, -0.15) is 5.10 Å². The van der Waals surface area contributed by atoms with E-state index in [1.54, 1.807) is 42.3 Å². The van der Waals surface area contributed by atoms with E-state index in [1.165, 1.54) is 19.2 Å². The summed E-state index contributed by atoms with van der Waals surface area (Å²) in [6.45, 7) is 0.459. The largest absolute Gasteiger partial charge is 0.491 e. The van der Waals surface area contributed by atoms with Crippen LogP contribution in [0.25, 0.3) is 11.1 Å². The van der Waals surface area contributed by atoms with E-state index in [0.717, 1.165) is 0 Å². The number of rotatable bonds is 10. The number of pyridine rings is 1. The summed E-state index contributed by atoms with van der Waals surface area (Å²) in [7, 11) is 3.11. The van der Waals surface area contributed by atoms with Crippen LogP contribution >= 0.6 is 0 Å². The molecule has 3 aromatic rings. The molecule has 0 bridgehead atoms.